The number of hydrogen-bond donors (Lipinski definition) is 1. The van der Waals surface area contributed by atoms with E-state index in [2.05, 4.69) is 135 Å². The quantitative estimate of drug-likeness (QED) is 0.0211. The number of aliphatic carboxylic acids is 1. The Labute approximate surface area is 421 Å². The van der Waals surface area contributed by atoms with E-state index in [1.807, 2.05) is 21.1 Å². The molecule has 0 fully saturated rings. The Hall–Kier alpha value is -4.31. The minimum Gasteiger partial charge on any atom is -0.477 e. The van der Waals surface area contributed by atoms with Crippen LogP contribution in [0.2, 0.25) is 0 Å². The number of ether oxygens (including phenoxy) is 4. The molecule has 0 aromatic heterocycles. The molecule has 69 heavy (non-hydrogen) atoms. The van der Waals surface area contributed by atoms with Crippen molar-refractivity contribution in [1.82, 2.24) is 0 Å². The zero-order chi connectivity index (χ0) is 50.6. The third-order valence-corrected chi connectivity index (χ3v) is 10.7. The largest absolute Gasteiger partial charge is 0.477 e. The van der Waals surface area contributed by atoms with Gasteiger partial charge in [0.1, 0.15) is 13.2 Å². The van der Waals surface area contributed by atoms with E-state index in [4.69, 9.17) is 18.9 Å². The SMILES string of the molecule is CC/C=C\C/C=C\C/C=C\C/C=C\C/C=C\C/C=C\C/C=C\C/C=C\CCCCCCC(=O)OC(COC(=O)CCCCCCC/C=C\C/C=C\CCCCC)COC(OCC[N+](C)(C)C)C(=O)O. The van der Waals surface area contributed by atoms with Crippen molar-refractivity contribution in [3.8, 4) is 0 Å². The standard InChI is InChI=1S/C60H97NO8/c1-6-8-10-12-14-16-18-20-22-23-24-25-26-27-28-29-30-31-32-33-34-35-37-39-41-43-45-47-49-51-58(63)69-56(55-68-60(59(64)65)66-53-52-61(3,4)5)54-67-57(62)50-48-46-44-42-40-38-36-21-19-17-15-13-11-9-7-2/h8,10,14-17,20-22,24-25,27-28,30-31,33-34,36-37,39,56,60H,6-7,9,11-13,18-19,23,26,29,32,35,38,40-55H2,1-5H3/p+1/b10-8-,16-14-,17-15-,22-20-,25-24-,28-27-,31-30-,34-33-,36-21-,39-37-. The van der Waals surface area contributed by atoms with Crippen molar-refractivity contribution < 1.29 is 42.9 Å². The van der Waals surface area contributed by atoms with Gasteiger partial charge in [0.25, 0.3) is 6.29 Å². The molecule has 1 N–H and O–H groups in total. The van der Waals surface area contributed by atoms with Gasteiger partial charge in [-0.15, -0.1) is 0 Å². The summed E-state index contributed by atoms with van der Waals surface area (Å²) in [6.45, 7) is 4.66. The molecule has 2 atom stereocenters. The Balaban J connectivity index is 4.40. The molecule has 0 saturated heterocycles. The van der Waals surface area contributed by atoms with Crippen LogP contribution in [0.1, 0.15) is 181 Å². The second-order valence-corrected chi connectivity index (χ2v) is 18.4. The van der Waals surface area contributed by atoms with Gasteiger partial charge in [0.2, 0.25) is 0 Å². The average molecular weight is 961 g/mol. The van der Waals surface area contributed by atoms with E-state index in [-0.39, 0.29) is 38.6 Å². The summed E-state index contributed by atoms with van der Waals surface area (Å²) in [4.78, 5) is 37.3. The van der Waals surface area contributed by atoms with Crippen LogP contribution in [0.3, 0.4) is 0 Å². The van der Waals surface area contributed by atoms with Gasteiger partial charge < -0.3 is 28.5 Å². The topological polar surface area (TPSA) is 108 Å². The van der Waals surface area contributed by atoms with E-state index in [1.165, 1.54) is 25.7 Å². The Morgan fingerprint density at radius 3 is 1.23 bits per heavy atom. The van der Waals surface area contributed by atoms with E-state index in [0.717, 1.165) is 122 Å². The number of nitrogens with zero attached hydrogens (tertiary/aromatic N) is 1. The molecule has 2 unspecified atom stereocenters. The van der Waals surface area contributed by atoms with Gasteiger partial charge in [-0.05, 0) is 109 Å². The van der Waals surface area contributed by atoms with Crippen LogP contribution in [0.15, 0.2) is 122 Å². The molecule has 0 aliphatic rings. The van der Waals surface area contributed by atoms with Crippen molar-refractivity contribution in [2.75, 3.05) is 47.5 Å². The number of unbranched alkanes of at least 4 members (excludes halogenated alkanes) is 12. The summed E-state index contributed by atoms with van der Waals surface area (Å²) < 4.78 is 22.8. The van der Waals surface area contributed by atoms with Crippen molar-refractivity contribution in [2.24, 2.45) is 0 Å². The first-order valence-electron chi connectivity index (χ1n) is 26.7. The van der Waals surface area contributed by atoms with Crippen molar-refractivity contribution >= 4 is 17.9 Å². The van der Waals surface area contributed by atoms with E-state index in [0.29, 0.717) is 17.4 Å². The molecule has 0 amide bonds. The van der Waals surface area contributed by atoms with Crippen LogP contribution in [0, 0.1) is 0 Å². The molecule has 0 saturated carbocycles. The minimum atomic E-state index is -1.53. The highest BCUT2D eigenvalue weighted by molar-refractivity contribution is 5.71. The van der Waals surface area contributed by atoms with Gasteiger partial charge in [-0.3, -0.25) is 9.59 Å². The second-order valence-electron chi connectivity index (χ2n) is 18.4. The maximum Gasteiger partial charge on any atom is 0.361 e. The van der Waals surface area contributed by atoms with Crippen LogP contribution >= 0.6 is 0 Å². The number of likely N-dealkylation sites (N-methyl/N-ethyl adjacent to an activating group) is 1. The number of rotatable bonds is 47. The summed E-state index contributed by atoms with van der Waals surface area (Å²) in [5.74, 6) is -2.08. The number of esters is 2. The van der Waals surface area contributed by atoms with Crippen LogP contribution in [0.5, 0.6) is 0 Å². The summed E-state index contributed by atoms with van der Waals surface area (Å²) in [5.41, 5.74) is 0. The number of hydrogen-bond acceptors (Lipinski definition) is 7. The van der Waals surface area contributed by atoms with E-state index < -0.39 is 24.3 Å². The van der Waals surface area contributed by atoms with Crippen LogP contribution < -0.4 is 0 Å². The van der Waals surface area contributed by atoms with Crippen molar-refractivity contribution in [2.45, 2.75) is 193 Å². The molecular weight excluding hydrogens is 863 g/mol. The molecule has 390 valence electrons. The first-order chi connectivity index (χ1) is 33.6. The number of quaternary nitrogens is 1. The summed E-state index contributed by atoms with van der Waals surface area (Å²) >= 11 is 0. The van der Waals surface area contributed by atoms with Crippen LogP contribution in [0.4, 0.5) is 0 Å². The van der Waals surface area contributed by atoms with Gasteiger partial charge in [-0.2, -0.15) is 0 Å². The van der Waals surface area contributed by atoms with Crippen molar-refractivity contribution in [3.63, 3.8) is 0 Å². The maximum absolute atomic E-state index is 12.8. The zero-order valence-corrected chi connectivity index (χ0v) is 44.2. The van der Waals surface area contributed by atoms with Crippen LogP contribution in [-0.4, -0.2) is 87.4 Å². The smallest absolute Gasteiger partial charge is 0.361 e. The highest BCUT2D eigenvalue weighted by Crippen LogP contribution is 2.12. The minimum absolute atomic E-state index is 0.173. The molecule has 0 aromatic carbocycles. The Kier molecular flexibility index (Phi) is 47.0. The lowest BCUT2D eigenvalue weighted by atomic mass is 10.1. The first kappa shape index (κ1) is 64.7. The molecule has 0 bridgehead atoms. The molecular formula is C60H98NO8+. The molecule has 0 rings (SSSR count). The monoisotopic (exact) mass is 961 g/mol. The molecule has 9 heteroatoms. The predicted molar refractivity (Wildman–Crippen MR) is 290 cm³/mol. The summed E-state index contributed by atoms with van der Waals surface area (Å²) in [6.07, 6.45) is 66.9. The summed E-state index contributed by atoms with van der Waals surface area (Å²) in [5, 5.41) is 9.67. The number of allylic oxidation sites excluding steroid dienone is 20. The maximum atomic E-state index is 12.8. The molecule has 0 heterocycles. The second kappa shape index (κ2) is 50.1. The van der Waals surface area contributed by atoms with Gasteiger partial charge in [0.05, 0.1) is 34.4 Å². The normalized spacial score (nSPS) is 13.8. The first-order valence-corrected chi connectivity index (χ1v) is 26.7. The predicted octanol–water partition coefficient (Wildman–Crippen LogP) is 15.3. The Morgan fingerprint density at radius 1 is 0.449 bits per heavy atom. The number of carboxylic acid groups (broad SMARTS) is 1. The van der Waals surface area contributed by atoms with Gasteiger partial charge in [-0.1, -0.05) is 180 Å². The van der Waals surface area contributed by atoms with Crippen LogP contribution in [-0.2, 0) is 33.3 Å². The molecule has 0 spiro atoms. The van der Waals surface area contributed by atoms with Crippen molar-refractivity contribution in [1.29, 1.82) is 0 Å². The fraction of sp³-hybridized carbons (Fsp3) is 0.617. The third-order valence-electron chi connectivity index (χ3n) is 10.7. The fourth-order valence-corrected chi connectivity index (χ4v) is 6.59. The fourth-order valence-electron chi connectivity index (χ4n) is 6.59. The zero-order valence-electron chi connectivity index (χ0n) is 44.2. The Bertz CT molecular complexity index is 1540. The van der Waals surface area contributed by atoms with Gasteiger partial charge >= 0.3 is 17.9 Å². The van der Waals surface area contributed by atoms with Crippen molar-refractivity contribution in [3.05, 3.63) is 122 Å². The summed E-state index contributed by atoms with van der Waals surface area (Å²) in [7, 11) is 5.94. The molecule has 9 nitrogen and oxygen atoms in total. The number of carbonyl (C=O) groups is 3. The van der Waals surface area contributed by atoms with Gasteiger partial charge in [0, 0.05) is 12.8 Å². The van der Waals surface area contributed by atoms with E-state index in [1.54, 1.807) is 0 Å². The third kappa shape index (κ3) is 51.4. The molecule has 0 aliphatic heterocycles. The lowest BCUT2D eigenvalue weighted by Crippen LogP contribution is -2.40. The van der Waals surface area contributed by atoms with E-state index >= 15 is 0 Å². The van der Waals surface area contributed by atoms with Gasteiger partial charge in [0.15, 0.2) is 6.10 Å². The van der Waals surface area contributed by atoms with E-state index in [9.17, 15) is 19.5 Å². The lowest BCUT2D eigenvalue weighted by Gasteiger charge is -2.25. The lowest BCUT2D eigenvalue weighted by molar-refractivity contribution is -0.870. The highest BCUT2D eigenvalue weighted by Gasteiger charge is 2.25. The van der Waals surface area contributed by atoms with Crippen LogP contribution in [0.25, 0.3) is 0 Å². The van der Waals surface area contributed by atoms with Gasteiger partial charge in [-0.25, -0.2) is 4.79 Å². The number of carboxylic acids is 1. The summed E-state index contributed by atoms with van der Waals surface area (Å²) in [6, 6.07) is 0. The average Bonchev–Trinajstić information content (AvgIpc) is 3.31. The Morgan fingerprint density at radius 2 is 0.826 bits per heavy atom. The molecule has 0 aromatic rings. The number of carbonyl (C=O) groups excluding carboxylic acids is 2. The molecule has 0 radical (unpaired) electrons. The highest BCUT2D eigenvalue weighted by atomic mass is 16.7. The molecule has 0 aliphatic carbocycles.